The van der Waals surface area contributed by atoms with Crippen molar-refractivity contribution in [2.45, 2.75) is 25.5 Å². The van der Waals surface area contributed by atoms with Gasteiger partial charge < -0.3 is 10.1 Å². The van der Waals surface area contributed by atoms with Crippen LogP contribution in [-0.4, -0.2) is 28.4 Å². The van der Waals surface area contributed by atoms with Crippen LogP contribution in [0.2, 0.25) is 0 Å². The van der Waals surface area contributed by atoms with Gasteiger partial charge in [-0.2, -0.15) is 5.10 Å². The second-order valence-electron chi connectivity index (χ2n) is 5.05. The number of hydrogen-bond acceptors (Lipinski definition) is 3. The highest BCUT2D eigenvalue weighted by Gasteiger charge is 2.16. The van der Waals surface area contributed by atoms with Gasteiger partial charge in [-0.3, -0.25) is 9.48 Å². The molecule has 6 heteroatoms. The van der Waals surface area contributed by atoms with Gasteiger partial charge in [-0.1, -0.05) is 22.0 Å². The summed E-state index contributed by atoms with van der Waals surface area (Å²) in [5.74, 6) is -0.145. The van der Waals surface area contributed by atoms with E-state index in [0.717, 1.165) is 30.5 Å². The Hall–Kier alpha value is -1.66. The van der Waals surface area contributed by atoms with Gasteiger partial charge in [0.25, 0.3) is 5.91 Å². The van der Waals surface area contributed by atoms with Crippen molar-refractivity contribution in [3.8, 4) is 0 Å². The highest BCUT2D eigenvalue weighted by atomic mass is 79.9. The van der Waals surface area contributed by atoms with Crippen LogP contribution < -0.4 is 5.32 Å². The lowest BCUT2D eigenvalue weighted by Gasteiger charge is -2.08. The lowest BCUT2D eigenvalue weighted by atomic mass is 10.2. The average Bonchev–Trinajstić information content (AvgIpc) is 3.11. The molecule has 1 saturated heterocycles. The lowest BCUT2D eigenvalue weighted by molar-refractivity contribution is 0.0940. The van der Waals surface area contributed by atoms with Crippen LogP contribution in [0.5, 0.6) is 0 Å². The molecule has 5 nitrogen and oxygen atoms in total. The van der Waals surface area contributed by atoms with E-state index in [2.05, 4.69) is 26.3 Å². The summed E-state index contributed by atoms with van der Waals surface area (Å²) in [4.78, 5) is 12.1. The summed E-state index contributed by atoms with van der Waals surface area (Å²) in [6.07, 6.45) is 5.90. The van der Waals surface area contributed by atoms with Gasteiger partial charge in [0.2, 0.25) is 0 Å². The molecule has 3 rings (SSSR count). The Labute approximate surface area is 131 Å². The van der Waals surface area contributed by atoms with Crippen molar-refractivity contribution in [2.75, 3.05) is 11.9 Å². The maximum absolute atomic E-state index is 12.1. The first-order chi connectivity index (χ1) is 10.2. The topological polar surface area (TPSA) is 56.2 Å². The SMILES string of the molecule is O=C(Nc1cnn(CC2CCCO2)c1)c1cccc(Br)c1. The van der Waals surface area contributed by atoms with E-state index in [1.165, 1.54) is 0 Å². The predicted octanol–water partition coefficient (Wildman–Crippen LogP) is 3.08. The van der Waals surface area contributed by atoms with E-state index in [-0.39, 0.29) is 12.0 Å². The minimum atomic E-state index is -0.145. The van der Waals surface area contributed by atoms with Crippen LogP contribution >= 0.6 is 15.9 Å². The molecule has 0 bridgehead atoms. The zero-order valence-electron chi connectivity index (χ0n) is 11.5. The van der Waals surface area contributed by atoms with Crippen molar-refractivity contribution in [1.82, 2.24) is 9.78 Å². The number of carbonyl (C=O) groups excluding carboxylic acids is 1. The standard InChI is InChI=1S/C15H16BrN3O2/c16-12-4-1-3-11(7-12)15(20)18-13-8-17-19(9-13)10-14-5-2-6-21-14/h1,3-4,7-9,14H,2,5-6,10H2,(H,18,20). The van der Waals surface area contributed by atoms with Crippen molar-refractivity contribution < 1.29 is 9.53 Å². The highest BCUT2D eigenvalue weighted by Crippen LogP contribution is 2.16. The minimum Gasteiger partial charge on any atom is -0.376 e. The Morgan fingerprint density at radius 1 is 1.52 bits per heavy atom. The van der Waals surface area contributed by atoms with Gasteiger partial charge in [0.05, 0.1) is 24.5 Å². The summed E-state index contributed by atoms with van der Waals surface area (Å²) in [5, 5.41) is 7.10. The van der Waals surface area contributed by atoms with E-state index in [4.69, 9.17) is 4.74 Å². The van der Waals surface area contributed by atoms with Crippen molar-refractivity contribution in [3.63, 3.8) is 0 Å². The molecule has 1 aliphatic rings. The number of aromatic nitrogens is 2. The molecule has 21 heavy (non-hydrogen) atoms. The third kappa shape index (κ3) is 3.71. The van der Waals surface area contributed by atoms with E-state index in [0.29, 0.717) is 11.3 Å². The number of hydrogen-bond donors (Lipinski definition) is 1. The molecule has 1 amide bonds. The quantitative estimate of drug-likeness (QED) is 0.922. The maximum atomic E-state index is 12.1. The fraction of sp³-hybridized carbons (Fsp3) is 0.333. The van der Waals surface area contributed by atoms with Gasteiger partial charge in [-0.25, -0.2) is 0 Å². The zero-order valence-corrected chi connectivity index (χ0v) is 13.0. The number of nitrogens with one attached hydrogen (secondary N) is 1. The van der Waals surface area contributed by atoms with Crippen molar-refractivity contribution in [2.24, 2.45) is 0 Å². The second-order valence-corrected chi connectivity index (χ2v) is 5.97. The van der Waals surface area contributed by atoms with Crippen LogP contribution in [0.15, 0.2) is 41.1 Å². The van der Waals surface area contributed by atoms with Crippen LogP contribution in [0.3, 0.4) is 0 Å². The minimum absolute atomic E-state index is 0.145. The van der Waals surface area contributed by atoms with Crippen LogP contribution in [0.4, 0.5) is 5.69 Å². The molecule has 1 N–H and O–H groups in total. The summed E-state index contributed by atoms with van der Waals surface area (Å²) >= 11 is 3.36. The molecule has 0 radical (unpaired) electrons. The predicted molar refractivity (Wildman–Crippen MR) is 83.3 cm³/mol. The first kappa shape index (κ1) is 14.3. The van der Waals surface area contributed by atoms with Crippen LogP contribution in [-0.2, 0) is 11.3 Å². The van der Waals surface area contributed by atoms with Crippen molar-refractivity contribution in [1.29, 1.82) is 0 Å². The average molecular weight is 350 g/mol. The summed E-state index contributed by atoms with van der Waals surface area (Å²) < 4.78 is 8.27. The molecule has 0 aliphatic carbocycles. The van der Waals surface area contributed by atoms with E-state index in [9.17, 15) is 4.79 Å². The molecule has 2 aromatic rings. The number of ether oxygens (including phenoxy) is 1. The molecular weight excluding hydrogens is 334 g/mol. The first-order valence-electron chi connectivity index (χ1n) is 6.92. The Kier molecular flexibility index (Phi) is 4.36. The van der Waals surface area contributed by atoms with Crippen molar-refractivity contribution >= 4 is 27.5 Å². The number of carbonyl (C=O) groups is 1. The smallest absolute Gasteiger partial charge is 0.255 e. The van der Waals surface area contributed by atoms with E-state index >= 15 is 0 Å². The van der Waals surface area contributed by atoms with Gasteiger partial charge >= 0.3 is 0 Å². The molecule has 1 atom stereocenters. The fourth-order valence-electron chi connectivity index (χ4n) is 2.36. The third-order valence-corrected chi connectivity index (χ3v) is 3.89. The Balaban J connectivity index is 1.62. The van der Waals surface area contributed by atoms with Gasteiger partial charge in [0.15, 0.2) is 0 Å². The maximum Gasteiger partial charge on any atom is 0.255 e. The number of halogens is 1. The van der Waals surface area contributed by atoms with E-state index in [1.54, 1.807) is 18.3 Å². The van der Waals surface area contributed by atoms with Gasteiger partial charge in [0, 0.05) is 22.8 Å². The second kappa shape index (κ2) is 6.41. The molecule has 2 heterocycles. The molecule has 110 valence electrons. The molecule has 1 aliphatic heterocycles. The zero-order chi connectivity index (χ0) is 14.7. The molecule has 0 saturated carbocycles. The summed E-state index contributed by atoms with van der Waals surface area (Å²) in [6, 6.07) is 7.28. The van der Waals surface area contributed by atoms with Gasteiger partial charge in [-0.05, 0) is 31.0 Å². The summed E-state index contributed by atoms with van der Waals surface area (Å²) in [7, 11) is 0. The van der Waals surface area contributed by atoms with Gasteiger partial charge in [-0.15, -0.1) is 0 Å². The summed E-state index contributed by atoms with van der Waals surface area (Å²) in [5.41, 5.74) is 1.30. The molecule has 1 aromatic carbocycles. The number of anilines is 1. The monoisotopic (exact) mass is 349 g/mol. The largest absolute Gasteiger partial charge is 0.376 e. The highest BCUT2D eigenvalue weighted by molar-refractivity contribution is 9.10. The number of benzene rings is 1. The van der Waals surface area contributed by atoms with E-state index in [1.807, 2.05) is 23.0 Å². The Morgan fingerprint density at radius 2 is 2.43 bits per heavy atom. The normalized spacial score (nSPS) is 17.9. The summed E-state index contributed by atoms with van der Waals surface area (Å²) in [6.45, 7) is 1.56. The van der Waals surface area contributed by atoms with Crippen LogP contribution in [0, 0.1) is 0 Å². The molecular formula is C15H16BrN3O2. The van der Waals surface area contributed by atoms with Crippen LogP contribution in [0.1, 0.15) is 23.2 Å². The molecule has 1 unspecified atom stereocenters. The number of nitrogens with zero attached hydrogens (tertiary/aromatic N) is 2. The first-order valence-corrected chi connectivity index (χ1v) is 7.71. The Bertz CT molecular complexity index is 635. The number of amides is 1. The molecule has 1 fully saturated rings. The Morgan fingerprint density at radius 3 is 3.19 bits per heavy atom. The lowest BCUT2D eigenvalue weighted by Crippen LogP contribution is -2.15. The third-order valence-electron chi connectivity index (χ3n) is 3.39. The van der Waals surface area contributed by atoms with Crippen molar-refractivity contribution in [3.05, 3.63) is 46.7 Å². The molecule has 1 aromatic heterocycles. The fourth-order valence-corrected chi connectivity index (χ4v) is 2.76. The van der Waals surface area contributed by atoms with Gasteiger partial charge in [0.1, 0.15) is 0 Å². The number of rotatable bonds is 4. The molecule has 0 spiro atoms. The van der Waals surface area contributed by atoms with E-state index < -0.39 is 0 Å². The van der Waals surface area contributed by atoms with Crippen LogP contribution in [0.25, 0.3) is 0 Å².